The molecule has 5 rings (SSSR count). The van der Waals surface area contributed by atoms with Crippen LogP contribution in [-0.4, -0.2) is 100 Å². The summed E-state index contributed by atoms with van der Waals surface area (Å²) in [4.78, 5) is 12.5. The van der Waals surface area contributed by atoms with Crippen molar-refractivity contribution in [3.8, 4) is 11.3 Å². The van der Waals surface area contributed by atoms with Gasteiger partial charge in [0.25, 0.3) is 0 Å². The number of hydrogen-bond acceptors (Lipinski definition) is 9. The van der Waals surface area contributed by atoms with E-state index < -0.39 is 21.7 Å². The lowest BCUT2D eigenvalue weighted by Gasteiger charge is -2.42. The van der Waals surface area contributed by atoms with Gasteiger partial charge in [0.05, 0.1) is 34.0 Å². The van der Waals surface area contributed by atoms with Gasteiger partial charge in [-0.25, -0.2) is 5.01 Å². The van der Waals surface area contributed by atoms with E-state index in [1.807, 2.05) is 35.6 Å². The van der Waals surface area contributed by atoms with Crippen LogP contribution in [0.2, 0.25) is 51.4 Å². The van der Waals surface area contributed by atoms with Crippen LogP contribution in [0.4, 0.5) is 0 Å². The van der Waals surface area contributed by atoms with Crippen molar-refractivity contribution in [3.63, 3.8) is 0 Å². The van der Waals surface area contributed by atoms with E-state index >= 15 is 0 Å². The Morgan fingerprint density at radius 2 is 1.57 bits per heavy atom. The standard InChI is InChI=1S/C37H56BrN5O4Si2/c1-45-37(25-44)17-15-29(16-18-37)34-33(38)36(42(26-46-19-21-48(2,3)4)27-47-20-22-49(5,6)7)43-35(41-34)31(24-40-43)30-13-14-32(39-23-30)28-11-9-8-10-12-28/h8-14,23-24,29,31,35,44H,15-22,25-27H2,1-7H3. The van der Waals surface area contributed by atoms with Crippen molar-refractivity contribution in [2.45, 2.75) is 94.7 Å². The third-order valence-electron chi connectivity index (χ3n) is 9.87. The minimum absolute atomic E-state index is 0.0283. The molecule has 1 N–H and O–H groups in total. The third kappa shape index (κ3) is 9.78. The molecule has 2 atom stereocenters. The number of allylic oxidation sites excluding steroid dienone is 1. The highest BCUT2D eigenvalue weighted by Gasteiger charge is 2.44. The summed E-state index contributed by atoms with van der Waals surface area (Å²) in [6.45, 7) is 16.5. The molecular formula is C37H56BrN5O4Si2. The molecule has 49 heavy (non-hydrogen) atoms. The zero-order valence-electron chi connectivity index (χ0n) is 30.5. The zero-order valence-corrected chi connectivity index (χ0v) is 34.1. The van der Waals surface area contributed by atoms with E-state index in [0.29, 0.717) is 26.7 Å². The van der Waals surface area contributed by atoms with Gasteiger partial charge in [0.15, 0.2) is 6.17 Å². The second-order valence-corrected chi connectivity index (χ2v) is 28.1. The maximum atomic E-state index is 10.2. The number of hydrazone groups is 1. The first-order valence-corrected chi connectivity index (χ1v) is 25.9. The number of halogens is 1. The summed E-state index contributed by atoms with van der Waals surface area (Å²) in [5.41, 5.74) is 3.66. The molecule has 0 spiro atoms. The van der Waals surface area contributed by atoms with Gasteiger partial charge in [-0.05, 0) is 65.3 Å². The maximum absolute atomic E-state index is 10.2. The molecule has 0 amide bonds. The van der Waals surface area contributed by atoms with Crippen LogP contribution >= 0.6 is 15.9 Å². The van der Waals surface area contributed by atoms with Crippen LogP contribution < -0.4 is 0 Å². The Hall–Kier alpha value is -2.20. The Labute approximate surface area is 304 Å². The topological polar surface area (TPSA) is 92.0 Å². The van der Waals surface area contributed by atoms with E-state index in [1.54, 1.807) is 7.11 Å². The molecule has 1 saturated carbocycles. The molecule has 1 aliphatic carbocycles. The number of aliphatic hydroxyl groups excluding tert-OH is 1. The predicted octanol–water partition coefficient (Wildman–Crippen LogP) is 7.97. The van der Waals surface area contributed by atoms with Gasteiger partial charge in [0.2, 0.25) is 0 Å². The summed E-state index contributed by atoms with van der Waals surface area (Å²) in [7, 11) is -0.809. The number of hydrogen-bond donors (Lipinski definition) is 1. The molecule has 1 fully saturated rings. The van der Waals surface area contributed by atoms with Crippen molar-refractivity contribution < 1.29 is 19.3 Å². The van der Waals surface area contributed by atoms with Crippen LogP contribution in [0.5, 0.6) is 0 Å². The molecule has 0 saturated heterocycles. The van der Waals surface area contributed by atoms with E-state index in [2.05, 4.69) is 84.4 Å². The predicted molar refractivity (Wildman–Crippen MR) is 208 cm³/mol. The Balaban J connectivity index is 1.46. The molecular weight excluding hydrogens is 715 g/mol. The van der Waals surface area contributed by atoms with Gasteiger partial charge in [-0.15, -0.1) is 0 Å². The fourth-order valence-corrected chi connectivity index (χ4v) is 8.86. The molecule has 1 aromatic carbocycles. The smallest absolute Gasteiger partial charge is 0.156 e. The van der Waals surface area contributed by atoms with Crippen molar-refractivity contribution in [1.29, 1.82) is 0 Å². The minimum Gasteiger partial charge on any atom is -0.393 e. The van der Waals surface area contributed by atoms with Crippen LogP contribution in [0.1, 0.15) is 37.2 Å². The van der Waals surface area contributed by atoms with Crippen molar-refractivity contribution in [2.75, 3.05) is 40.4 Å². The summed E-state index contributed by atoms with van der Waals surface area (Å²) < 4.78 is 19.5. The van der Waals surface area contributed by atoms with E-state index in [-0.39, 0.29) is 24.6 Å². The molecule has 1 aromatic heterocycles. The minimum atomic E-state index is -1.26. The molecule has 2 aliphatic heterocycles. The summed E-state index contributed by atoms with van der Waals surface area (Å²) in [6.07, 6.45) is 7.02. The van der Waals surface area contributed by atoms with Crippen LogP contribution in [0.3, 0.4) is 0 Å². The number of aliphatic hydroxyl groups is 1. The van der Waals surface area contributed by atoms with Gasteiger partial charge in [-0.1, -0.05) is 75.7 Å². The maximum Gasteiger partial charge on any atom is 0.156 e. The molecule has 9 nitrogen and oxygen atoms in total. The molecule has 3 heterocycles. The highest BCUT2D eigenvalue weighted by atomic mass is 79.9. The Bertz CT molecular complexity index is 1440. The summed E-state index contributed by atoms with van der Waals surface area (Å²) in [6, 6.07) is 16.7. The highest BCUT2D eigenvalue weighted by Crippen LogP contribution is 2.43. The second kappa shape index (κ2) is 16.4. The molecule has 2 aromatic rings. The third-order valence-corrected chi connectivity index (χ3v) is 14.0. The fraction of sp³-hybridized carbons (Fsp3) is 0.595. The van der Waals surface area contributed by atoms with Crippen LogP contribution in [-0.2, 0) is 14.2 Å². The van der Waals surface area contributed by atoms with Gasteiger partial charge in [-0.2, -0.15) is 5.10 Å². The fourth-order valence-electron chi connectivity index (χ4n) is 6.49. The van der Waals surface area contributed by atoms with Gasteiger partial charge < -0.3 is 24.2 Å². The number of pyridine rings is 1. The zero-order chi connectivity index (χ0) is 35.2. The van der Waals surface area contributed by atoms with E-state index in [4.69, 9.17) is 29.3 Å². The summed E-state index contributed by atoms with van der Waals surface area (Å²) in [5.74, 6) is 1.06. The van der Waals surface area contributed by atoms with Crippen molar-refractivity contribution in [3.05, 3.63) is 64.5 Å². The molecule has 3 aliphatic rings. The van der Waals surface area contributed by atoms with Crippen LogP contribution in [0.25, 0.3) is 11.3 Å². The number of benzene rings is 1. The number of fused-ring (bicyclic) bond motifs is 1. The van der Waals surface area contributed by atoms with Gasteiger partial charge in [0, 0.05) is 60.4 Å². The number of methoxy groups -OCH3 is 1. The van der Waals surface area contributed by atoms with E-state index in [9.17, 15) is 5.11 Å². The van der Waals surface area contributed by atoms with Crippen molar-refractivity contribution in [2.24, 2.45) is 16.0 Å². The Morgan fingerprint density at radius 1 is 0.939 bits per heavy atom. The Morgan fingerprint density at radius 3 is 2.10 bits per heavy atom. The average molecular weight is 771 g/mol. The quantitative estimate of drug-likeness (QED) is 0.105. The molecule has 0 bridgehead atoms. The van der Waals surface area contributed by atoms with Crippen LogP contribution in [0.15, 0.2) is 69.1 Å². The number of ether oxygens (including phenoxy) is 3. The summed E-state index contributed by atoms with van der Waals surface area (Å²) in [5, 5.41) is 17.2. The monoisotopic (exact) mass is 769 g/mol. The number of nitrogens with zero attached hydrogens (tertiary/aromatic N) is 5. The first-order chi connectivity index (χ1) is 23.3. The average Bonchev–Trinajstić information content (AvgIpc) is 3.50. The number of rotatable bonds is 16. The Kier molecular flexibility index (Phi) is 12.8. The van der Waals surface area contributed by atoms with Crippen molar-refractivity contribution in [1.82, 2.24) is 14.9 Å². The van der Waals surface area contributed by atoms with Gasteiger partial charge >= 0.3 is 0 Å². The number of aliphatic imine (C=N–C) groups is 1. The molecule has 0 radical (unpaired) electrons. The normalized spacial score (nSPS) is 24.3. The largest absolute Gasteiger partial charge is 0.393 e. The lowest BCUT2D eigenvalue weighted by atomic mass is 9.76. The lowest BCUT2D eigenvalue weighted by molar-refractivity contribution is -0.0792. The first kappa shape index (κ1) is 38.0. The molecule has 12 heteroatoms. The summed E-state index contributed by atoms with van der Waals surface area (Å²) >= 11 is 4.05. The molecule has 268 valence electrons. The van der Waals surface area contributed by atoms with E-state index in [0.717, 1.165) is 70.6 Å². The van der Waals surface area contributed by atoms with Gasteiger partial charge in [0.1, 0.15) is 19.3 Å². The highest BCUT2D eigenvalue weighted by molar-refractivity contribution is 9.12. The first-order valence-electron chi connectivity index (χ1n) is 17.7. The van der Waals surface area contributed by atoms with Gasteiger partial charge in [-0.3, -0.25) is 9.98 Å². The lowest BCUT2D eigenvalue weighted by Crippen LogP contribution is -2.46. The van der Waals surface area contributed by atoms with Crippen LogP contribution in [0, 0.1) is 5.92 Å². The second-order valence-electron chi connectivity index (χ2n) is 16.1. The number of aromatic nitrogens is 1. The van der Waals surface area contributed by atoms with Crippen molar-refractivity contribution >= 4 is 44.0 Å². The van der Waals surface area contributed by atoms with E-state index in [1.165, 1.54) is 0 Å². The SMILES string of the molecule is COC1(CO)CCC(C2=NC3C(c4ccc(-c5ccccc5)nc4)C=NN3C(N(COCC[Si](C)(C)C)COCC[Si](C)(C)C)=C2Br)CC1. The molecule has 2 unspecified atom stereocenters.